The van der Waals surface area contributed by atoms with E-state index < -0.39 is 11.9 Å². The van der Waals surface area contributed by atoms with Crippen molar-refractivity contribution in [3.63, 3.8) is 0 Å². The van der Waals surface area contributed by atoms with Crippen molar-refractivity contribution in [2.75, 3.05) is 0 Å². The molecule has 5 heteroatoms. The van der Waals surface area contributed by atoms with E-state index in [4.69, 9.17) is 16.7 Å². The molecule has 2 aromatic rings. The van der Waals surface area contributed by atoms with Gasteiger partial charge in [0.2, 0.25) is 0 Å². The summed E-state index contributed by atoms with van der Waals surface area (Å²) in [7, 11) is 0. The highest BCUT2D eigenvalue weighted by molar-refractivity contribution is 6.30. The van der Waals surface area contributed by atoms with Crippen LogP contribution in [0.1, 0.15) is 26.3 Å². The minimum absolute atomic E-state index is 0.0503. The van der Waals surface area contributed by atoms with Gasteiger partial charge in [0, 0.05) is 5.02 Å². The molecule has 20 heavy (non-hydrogen) atoms. The molecule has 2 rings (SSSR count). The molecular formula is C15H11ClO4. The Morgan fingerprint density at radius 2 is 1.75 bits per heavy atom. The van der Waals surface area contributed by atoms with Crippen molar-refractivity contribution in [3.8, 4) is 11.1 Å². The van der Waals surface area contributed by atoms with Crippen LogP contribution in [0.3, 0.4) is 0 Å². The van der Waals surface area contributed by atoms with Crippen LogP contribution in [0, 0.1) is 6.92 Å². The molecular weight excluding hydrogens is 280 g/mol. The lowest BCUT2D eigenvalue weighted by Gasteiger charge is -2.12. The molecule has 0 bridgehead atoms. The zero-order valence-corrected chi connectivity index (χ0v) is 11.3. The first-order chi connectivity index (χ1) is 9.40. The van der Waals surface area contributed by atoms with Gasteiger partial charge in [-0.05, 0) is 47.9 Å². The largest absolute Gasteiger partial charge is 0.478 e. The lowest BCUT2D eigenvalue weighted by atomic mass is 9.93. The molecule has 0 atom stereocenters. The van der Waals surface area contributed by atoms with Crippen molar-refractivity contribution in [2.45, 2.75) is 6.92 Å². The maximum Gasteiger partial charge on any atom is 0.336 e. The third kappa shape index (κ3) is 2.65. The van der Waals surface area contributed by atoms with Crippen LogP contribution in [0.2, 0.25) is 5.02 Å². The van der Waals surface area contributed by atoms with E-state index in [2.05, 4.69) is 0 Å². The van der Waals surface area contributed by atoms with Gasteiger partial charge >= 0.3 is 11.9 Å². The molecule has 0 fully saturated rings. The zero-order chi connectivity index (χ0) is 14.9. The number of rotatable bonds is 3. The molecule has 0 aromatic heterocycles. The Morgan fingerprint density at radius 1 is 1.05 bits per heavy atom. The molecule has 0 aliphatic carbocycles. The summed E-state index contributed by atoms with van der Waals surface area (Å²) in [6.07, 6.45) is 0. The molecule has 2 N–H and O–H groups in total. The predicted octanol–water partition coefficient (Wildman–Crippen LogP) is 3.71. The minimum atomic E-state index is -1.17. The van der Waals surface area contributed by atoms with Gasteiger partial charge < -0.3 is 10.2 Å². The number of aromatic carboxylic acids is 2. The Bertz CT molecular complexity index is 707. The van der Waals surface area contributed by atoms with Crippen LogP contribution >= 0.6 is 11.6 Å². The average molecular weight is 291 g/mol. The minimum Gasteiger partial charge on any atom is -0.478 e. The smallest absolute Gasteiger partial charge is 0.336 e. The molecule has 0 amide bonds. The number of benzene rings is 2. The number of carboxylic acid groups (broad SMARTS) is 2. The van der Waals surface area contributed by atoms with Gasteiger partial charge in [-0.15, -0.1) is 0 Å². The fraction of sp³-hybridized carbons (Fsp3) is 0.0667. The molecule has 2 aromatic carbocycles. The molecule has 0 radical (unpaired) electrons. The summed E-state index contributed by atoms with van der Waals surface area (Å²) < 4.78 is 0. The van der Waals surface area contributed by atoms with Crippen LogP contribution in [0.4, 0.5) is 0 Å². The summed E-state index contributed by atoms with van der Waals surface area (Å²) in [4.78, 5) is 22.4. The van der Waals surface area contributed by atoms with E-state index in [1.54, 1.807) is 31.2 Å². The van der Waals surface area contributed by atoms with E-state index in [1.165, 1.54) is 6.07 Å². The van der Waals surface area contributed by atoms with E-state index >= 15 is 0 Å². The number of hydrogen-bond donors (Lipinski definition) is 2. The number of carboxylic acids is 2. The third-order valence-corrected chi connectivity index (χ3v) is 3.16. The van der Waals surface area contributed by atoms with Gasteiger partial charge in [-0.3, -0.25) is 0 Å². The van der Waals surface area contributed by atoms with Crippen LogP contribution in [0.15, 0.2) is 36.4 Å². The van der Waals surface area contributed by atoms with Gasteiger partial charge in [0.05, 0.1) is 11.1 Å². The van der Waals surface area contributed by atoms with Crippen molar-refractivity contribution in [1.82, 2.24) is 0 Å². The molecule has 4 nitrogen and oxygen atoms in total. The molecule has 0 unspecified atom stereocenters. The van der Waals surface area contributed by atoms with E-state index in [-0.39, 0.29) is 11.1 Å². The first kappa shape index (κ1) is 14.1. The van der Waals surface area contributed by atoms with Crippen LogP contribution < -0.4 is 0 Å². The molecule has 0 saturated carbocycles. The van der Waals surface area contributed by atoms with Crippen molar-refractivity contribution in [2.24, 2.45) is 0 Å². The summed E-state index contributed by atoms with van der Waals surface area (Å²) in [6, 6.07) is 9.40. The standard InChI is InChI=1S/C15H11ClO4/c1-8-5-10(14(17)18)7-12(15(19)20)13(8)9-3-2-4-11(16)6-9/h2-7H,1H3,(H,17,18)(H,19,20). The second kappa shape index (κ2) is 5.35. The van der Waals surface area contributed by atoms with Gasteiger partial charge in [0.25, 0.3) is 0 Å². The van der Waals surface area contributed by atoms with E-state index in [9.17, 15) is 14.7 Å². The maximum atomic E-state index is 11.4. The SMILES string of the molecule is Cc1cc(C(=O)O)cc(C(=O)O)c1-c1cccc(Cl)c1. The highest BCUT2D eigenvalue weighted by Crippen LogP contribution is 2.30. The molecule has 0 saturated heterocycles. The van der Waals surface area contributed by atoms with Gasteiger partial charge in [-0.25, -0.2) is 9.59 Å². The first-order valence-corrected chi connectivity index (χ1v) is 6.15. The fourth-order valence-corrected chi connectivity index (χ4v) is 2.30. The first-order valence-electron chi connectivity index (χ1n) is 5.77. The van der Waals surface area contributed by atoms with Gasteiger partial charge in [-0.2, -0.15) is 0 Å². The van der Waals surface area contributed by atoms with Crippen LogP contribution in [-0.4, -0.2) is 22.2 Å². The Balaban J connectivity index is 2.75. The number of halogens is 1. The van der Waals surface area contributed by atoms with Crippen molar-refractivity contribution in [1.29, 1.82) is 0 Å². The topological polar surface area (TPSA) is 74.6 Å². The predicted molar refractivity (Wildman–Crippen MR) is 75.5 cm³/mol. The second-order valence-electron chi connectivity index (χ2n) is 4.34. The third-order valence-electron chi connectivity index (χ3n) is 2.93. The second-order valence-corrected chi connectivity index (χ2v) is 4.77. The molecule has 102 valence electrons. The van der Waals surface area contributed by atoms with Gasteiger partial charge in [0.15, 0.2) is 0 Å². The van der Waals surface area contributed by atoms with Crippen LogP contribution in [-0.2, 0) is 0 Å². The molecule has 0 aliphatic rings. The highest BCUT2D eigenvalue weighted by atomic mass is 35.5. The molecule has 0 heterocycles. The van der Waals surface area contributed by atoms with E-state index in [0.717, 1.165) is 6.07 Å². The Morgan fingerprint density at radius 3 is 2.30 bits per heavy atom. The van der Waals surface area contributed by atoms with Crippen LogP contribution in [0.25, 0.3) is 11.1 Å². The van der Waals surface area contributed by atoms with E-state index in [1.807, 2.05) is 0 Å². The zero-order valence-electron chi connectivity index (χ0n) is 10.6. The van der Waals surface area contributed by atoms with Gasteiger partial charge in [0.1, 0.15) is 0 Å². The summed E-state index contributed by atoms with van der Waals surface area (Å²) in [5.74, 6) is -2.33. The van der Waals surface area contributed by atoms with Crippen molar-refractivity contribution < 1.29 is 19.8 Å². The molecule has 0 spiro atoms. The summed E-state index contributed by atoms with van der Waals surface area (Å²) in [5, 5.41) is 18.8. The van der Waals surface area contributed by atoms with Crippen molar-refractivity contribution in [3.05, 3.63) is 58.1 Å². The summed E-state index contributed by atoms with van der Waals surface area (Å²) in [6.45, 7) is 1.68. The number of carbonyl (C=O) groups is 2. The quantitative estimate of drug-likeness (QED) is 0.903. The van der Waals surface area contributed by atoms with E-state index in [0.29, 0.717) is 21.7 Å². The number of aryl methyl sites for hydroxylation is 1. The van der Waals surface area contributed by atoms with Crippen LogP contribution in [0.5, 0.6) is 0 Å². The fourth-order valence-electron chi connectivity index (χ4n) is 2.11. The van der Waals surface area contributed by atoms with Gasteiger partial charge in [-0.1, -0.05) is 23.7 Å². The maximum absolute atomic E-state index is 11.4. The summed E-state index contributed by atoms with van der Waals surface area (Å²) >= 11 is 5.92. The Hall–Kier alpha value is -2.33. The van der Waals surface area contributed by atoms with Crippen molar-refractivity contribution >= 4 is 23.5 Å². The summed E-state index contributed by atoms with van der Waals surface area (Å²) in [5.41, 5.74) is 1.59. The average Bonchev–Trinajstić information content (AvgIpc) is 2.37. The number of hydrogen-bond acceptors (Lipinski definition) is 2. The Labute approximate surface area is 120 Å². The monoisotopic (exact) mass is 290 g/mol. The Kier molecular flexibility index (Phi) is 3.77. The lowest BCUT2D eigenvalue weighted by molar-refractivity contribution is 0.0696. The highest BCUT2D eigenvalue weighted by Gasteiger charge is 2.18. The normalized spacial score (nSPS) is 10.3. The molecule has 0 aliphatic heterocycles. The lowest BCUT2D eigenvalue weighted by Crippen LogP contribution is -2.06.